The van der Waals surface area contributed by atoms with Crippen LogP contribution in [0.15, 0.2) is 0 Å². The third kappa shape index (κ3) is 2.18. The molecular weight excluding hydrogens is 311 g/mol. The molecule has 0 N–H and O–H groups in total. The standard InChI is InChI=1S/C22H38BCl/c1-7-15-17-9-13(21(17,3)4)11-19(15)23(24)20-12-14-10-18(16(20)8-2)22(14,5)6/h13-20H,7-12H2,1-6H3/t13-,14-,15+,16+,17-,18-,19-,20-/m1/s1. The smallest absolute Gasteiger partial charge is 0.195 e. The molecule has 6 aliphatic carbocycles. The monoisotopic (exact) mass is 348 g/mol. The van der Waals surface area contributed by atoms with Crippen LogP contribution in [-0.2, 0) is 0 Å². The van der Waals surface area contributed by atoms with Crippen molar-refractivity contribution in [3.8, 4) is 0 Å². The zero-order valence-electron chi connectivity index (χ0n) is 16.8. The van der Waals surface area contributed by atoms with Gasteiger partial charge < -0.3 is 0 Å². The highest BCUT2D eigenvalue weighted by atomic mass is 35.5. The fraction of sp³-hybridized carbons (Fsp3) is 1.00. The van der Waals surface area contributed by atoms with Gasteiger partial charge in [0.1, 0.15) is 0 Å². The third-order valence-electron chi connectivity index (χ3n) is 10.1. The Morgan fingerprint density at radius 3 is 1.42 bits per heavy atom. The SMILES string of the molecule is CC[C@H]1[C@H]2C[C@H](C[C@H]1B(Cl)[C@@H]1C[C@H]3C[C@H]([C@@H]1CC)C3(C)C)C2(C)C. The maximum atomic E-state index is 7.34. The van der Waals surface area contributed by atoms with Crippen LogP contribution >= 0.6 is 11.5 Å². The molecule has 0 spiro atoms. The van der Waals surface area contributed by atoms with E-state index in [-0.39, 0.29) is 0 Å². The molecule has 0 aromatic rings. The lowest BCUT2D eigenvalue weighted by Gasteiger charge is -2.66. The van der Waals surface area contributed by atoms with E-state index in [1.54, 1.807) is 0 Å². The molecule has 6 aliphatic rings. The number of hydrogen-bond donors (Lipinski definition) is 0. The van der Waals surface area contributed by atoms with Crippen LogP contribution in [0.4, 0.5) is 0 Å². The molecule has 0 radical (unpaired) electrons. The number of halogens is 1. The van der Waals surface area contributed by atoms with E-state index in [0.717, 1.165) is 47.1 Å². The molecule has 0 aliphatic heterocycles. The van der Waals surface area contributed by atoms with Crippen LogP contribution < -0.4 is 0 Å². The normalized spacial score (nSPS) is 50.6. The number of fused-ring (bicyclic) bond motifs is 4. The first-order valence-electron chi connectivity index (χ1n) is 10.9. The third-order valence-corrected chi connectivity index (χ3v) is 10.7. The van der Waals surface area contributed by atoms with Crippen LogP contribution in [0.5, 0.6) is 0 Å². The molecule has 2 heteroatoms. The number of hydrogen-bond acceptors (Lipinski definition) is 0. The van der Waals surface area contributed by atoms with E-state index in [9.17, 15) is 0 Å². The van der Waals surface area contributed by atoms with E-state index in [1.807, 2.05) is 0 Å². The molecule has 6 fully saturated rings. The van der Waals surface area contributed by atoms with Crippen LogP contribution in [0.2, 0.25) is 11.6 Å². The van der Waals surface area contributed by atoms with Crippen molar-refractivity contribution in [2.45, 2.75) is 91.7 Å². The summed E-state index contributed by atoms with van der Waals surface area (Å²) >= 11 is 7.34. The summed E-state index contributed by atoms with van der Waals surface area (Å²) < 4.78 is 0. The largest absolute Gasteiger partial charge is 0.257 e. The average molecular weight is 349 g/mol. The zero-order chi connectivity index (χ0) is 17.4. The second-order valence-corrected chi connectivity index (χ2v) is 11.6. The lowest BCUT2D eigenvalue weighted by atomic mass is 9.29. The minimum Gasteiger partial charge on any atom is -0.195 e. The predicted octanol–water partition coefficient (Wildman–Crippen LogP) is 7.14. The summed E-state index contributed by atoms with van der Waals surface area (Å²) in [5, 5.41) is 0. The van der Waals surface area contributed by atoms with Gasteiger partial charge in [-0.15, -0.1) is 0 Å². The van der Waals surface area contributed by atoms with Crippen molar-refractivity contribution in [2.75, 3.05) is 0 Å². The quantitative estimate of drug-likeness (QED) is 0.473. The highest BCUT2D eigenvalue weighted by Crippen LogP contribution is 2.70. The molecule has 0 nitrogen and oxygen atoms in total. The second kappa shape index (κ2) is 5.67. The van der Waals surface area contributed by atoms with E-state index in [0.29, 0.717) is 17.0 Å². The maximum absolute atomic E-state index is 7.34. The van der Waals surface area contributed by atoms with Gasteiger partial charge in [-0.25, -0.2) is 0 Å². The molecule has 136 valence electrons. The van der Waals surface area contributed by atoms with E-state index in [4.69, 9.17) is 11.5 Å². The van der Waals surface area contributed by atoms with Gasteiger partial charge in [0, 0.05) is 0 Å². The van der Waals surface area contributed by atoms with Crippen molar-refractivity contribution < 1.29 is 0 Å². The second-order valence-electron chi connectivity index (χ2n) is 11.1. The Bertz CT molecular complexity index is 454. The molecule has 4 bridgehead atoms. The Hall–Kier alpha value is 0.355. The van der Waals surface area contributed by atoms with Crippen LogP contribution in [0.3, 0.4) is 0 Å². The molecule has 0 amide bonds. The van der Waals surface area contributed by atoms with Gasteiger partial charge in [0.05, 0.1) is 0 Å². The van der Waals surface area contributed by atoms with Gasteiger partial charge >= 0.3 is 0 Å². The van der Waals surface area contributed by atoms with Gasteiger partial charge in [0.25, 0.3) is 6.13 Å². The zero-order valence-corrected chi connectivity index (χ0v) is 17.6. The van der Waals surface area contributed by atoms with E-state index < -0.39 is 0 Å². The first kappa shape index (κ1) is 17.8. The van der Waals surface area contributed by atoms with Crippen LogP contribution in [0.25, 0.3) is 0 Å². The lowest BCUT2D eigenvalue weighted by molar-refractivity contribution is -0.113. The number of rotatable bonds is 4. The van der Waals surface area contributed by atoms with Gasteiger partial charge in [0.15, 0.2) is 0 Å². The van der Waals surface area contributed by atoms with E-state index in [1.165, 1.54) is 38.5 Å². The summed E-state index contributed by atoms with van der Waals surface area (Å²) in [6.07, 6.45) is 8.96. The van der Waals surface area contributed by atoms with Crippen molar-refractivity contribution in [3.63, 3.8) is 0 Å². The summed E-state index contributed by atoms with van der Waals surface area (Å²) in [6, 6.07) is 0. The summed E-state index contributed by atoms with van der Waals surface area (Å²) in [5.41, 5.74) is 1.18. The van der Waals surface area contributed by atoms with Crippen molar-refractivity contribution >= 4 is 17.6 Å². The van der Waals surface area contributed by atoms with Crippen molar-refractivity contribution in [1.29, 1.82) is 0 Å². The molecule has 6 saturated carbocycles. The molecule has 0 saturated heterocycles. The summed E-state index contributed by atoms with van der Waals surface area (Å²) in [6.45, 7) is 15.0. The minimum atomic E-state index is 0.447. The van der Waals surface area contributed by atoms with Gasteiger partial charge in [-0.05, 0) is 70.8 Å². The molecule has 0 aromatic heterocycles. The van der Waals surface area contributed by atoms with Crippen molar-refractivity contribution in [1.82, 2.24) is 0 Å². The molecule has 6 rings (SSSR count). The molecule has 8 atom stereocenters. The summed E-state index contributed by atoms with van der Waals surface area (Å²) in [5.74, 6) is 7.16. The maximum Gasteiger partial charge on any atom is 0.257 e. The van der Waals surface area contributed by atoms with Gasteiger partial charge in [0.2, 0.25) is 0 Å². The Balaban J connectivity index is 1.53. The fourth-order valence-electron chi connectivity index (χ4n) is 8.19. The minimum absolute atomic E-state index is 0.447. The predicted molar refractivity (Wildman–Crippen MR) is 107 cm³/mol. The molecule has 0 heterocycles. The lowest BCUT2D eigenvalue weighted by Crippen LogP contribution is -2.59. The Morgan fingerprint density at radius 1 is 0.750 bits per heavy atom. The molecular formula is C22H38BCl. The molecule has 24 heavy (non-hydrogen) atoms. The Morgan fingerprint density at radius 2 is 1.12 bits per heavy atom. The summed E-state index contributed by atoms with van der Waals surface area (Å²) in [7, 11) is 0. The Labute approximate surface area is 155 Å². The van der Waals surface area contributed by atoms with E-state index >= 15 is 0 Å². The molecule has 0 aromatic carbocycles. The first-order chi connectivity index (χ1) is 11.2. The van der Waals surface area contributed by atoms with Crippen LogP contribution in [0, 0.1) is 46.3 Å². The average Bonchev–Trinajstić information content (AvgIpc) is 2.59. The fourth-order valence-corrected chi connectivity index (χ4v) is 8.77. The van der Waals surface area contributed by atoms with Crippen molar-refractivity contribution in [3.05, 3.63) is 0 Å². The van der Waals surface area contributed by atoms with E-state index in [2.05, 4.69) is 41.5 Å². The van der Waals surface area contributed by atoms with Crippen LogP contribution in [-0.4, -0.2) is 6.13 Å². The Kier molecular flexibility index (Phi) is 4.20. The highest BCUT2D eigenvalue weighted by molar-refractivity contribution is 7.08. The van der Waals surface area contributed by atoms with Crippen LogP contribution in [0.1, 0.15) is 80.1 Å². The first-order valence-corrected chi connectivity index (χ1v) is 11.3. The topological polar surface area (TPSA) is 0 Å². The summed E-state index contributed by atoms with van der Waals surface area (Å²) in [4.78, 5) is 0. The highest BCUT2D eigenvalue weighted by Gasteiger charge is 2.63. The van der Waals surface area contributed by atoms with Gasteiger partial charge in [-0.3, -0.25) is 0 Å². The van der Waals surface area contributed by atoms with Gasteiger partial charge in [-0.2, -0.15) is 11.5 Å². The molecule has 0 unspecified atom stereocenters. The van der Waals surface area contributed by atoms with Gasteiger partial charge in [-0.1, -0.05) is 67.2 Å². The van der Waals surface area contributed by atoms with Crippen molar-refractivity contribution in [2.24, 2.45) is 46.3 Å².